The molecule has 174 valence electrons. The number of rotatable bonds is 5. The number of aliphatic hydroxyl groups is 1. The van der Waals surface area contributed by atoms with Gasteiger partial charge < -0.3 is 15.2 Å². The summed E-state index contributed by atoms with van der Waals surface area (Å²) in [5, 5.41) is 14.6. The Morgan fingerprint density at radius 1 is 1.06 bits per heavy atom. The summed E-state index contributed by atoms with van der Waals surface area (Å²) in [5.41, 5.74) is 2.61. The van der Waals surface area contributed by atoms with Gasteiger partial charge >= 0.3 is 6.09 Å². The lowest BCUT2D eigenvalue weighted by molar-refractivity contribution is 0.0419. The molecule has 3 rings (SSSR count). The first kappa shape index (κ1) is 25.0. The van der Waals surface area contributed by atoms with Crippen LogP contribution in [0.4, 0.5) is 9.18 Å². The number of aliphatic hydroxyl groups excluding tert-OH is 1. The molecule has 33 heavy (non-hydrogen) atoms. The molecule has 0 radical (unpaired) electrons. The molecule has 3 aromatic rings. The van der Waals surface area contributed by atoms with Gasteiger partial charge in [0.15, 0.2) is 0 Å². The Bertz CT molecular complexity index is 1160. The van der Waals surface area contributed by atoms with E-state index in [4.69, 9.17) is 27.9 Å². The predicted octanol–water partition coefficient (Wildman–Crippen LogP) is 6.80. The zero-order valence-corrected chi connectivity index (χ0v) is 20.2. The topological polar surface area (TPSA) is 71.5 Å². The fourth-order valence-corrected chi connectivity index (χ4v) is 3.74. The molecule has 1 amide bonds. The van der Waals surface area contributed by atoms with Gasteiger partial charge in [0, 0.05) is 11.8 Å². The Hall–Kier alpha value is -2.67. The Morgan fingerprint density at radius 2 is 1.76 bits per heavy atom. The van der Waals surface area contributed by atoms with Crippen LogP contribution in [-0.4, -0.2) is 21.8 Å². The van der Waals surface area contributed by atoms with Crippen LogP contribution in [-0.2, 0) is 4.74 Å². The van der Waals surface area contributed by atoms with Gasteiger partial charge in [0.05, 0.1) is 22.3 Å². The first-order valence-electron chi connectivity index (χ1n) is 10.3. The van der Waals surface area contributed by atoms with Crippen LogP contribution in [0.1, 0.15) is 49.6 Å². The van der Waals surface area contributed by atoms with Crippen molar-refractivity contribution in [1.82, 2.24) is 10.3 Å². The van der Waals surface area contributed by atoms with Crippen molar-refractivity contribution in [2.24, 2.45) is 0 Å². The van der Waals surface area contributed by atoms with Crippen molar-refractivity contribution in [2.45, 2.75) is 45.4 Å². The summed E-state index contributed by atoms with van der Waals surface area (Å²) in [5.74, 6) is -0.433. The average molecular weight is 491 g/mol. The molecular weight excluding hydrogens is 466 g/mol. The van der Waals surface area contributed by atoms with Crippen LogP contribution in [0.3, 0.4) is 0 Å². The number of hydrogen-bond acceptors (Lipinski definition) is 4. The van der Waals surface area contributed by atoms with E-state index < -0.39 is 29.7 Å². The third-order valence-electron chi connectivity index (χ3n) is 4.90. The molecule has 0 spiro atoms. The smallest absolute Gasteiger partial charge is 0.408 e. The molecule has 0 fully saturated rings. The van der Waals surface area contributed by atoms with Gasteiger partial charge in [0.25, 0.3) is 0 Å². The Balaban J connectivity index is 1.96. The zero-order valence-electron chi connectivity index (χ0n) is 18.7. The maximum absolute atomic E-state index is 13.6. The third kappa shape index (κ3) is 6.44. The number of carbonyl (C=O) groups is 1. The van der Waals surface area contributed by atoms with Crippen LogP contribution < -0.4 is 5.32 Å². The lowest BCUT2D eigenvalue weighted by Crippen LogP contribution is -2.37. The van der Waals surface area contributed by atoms with Crippen molar-refractivity contribution >= 4 is 29.3 Å². The van der Waals surface area contributed by atoms with Crippen LogP contribution in [0, 0.1) is 12.7 Å². The molecule has 0 aliphatic rings. The van der Waals surface area contributed by atoms with E-state index in [-0.39, 0.29) is 0 Å². The zero-order chi connectivity index (χ0) is 24.3. The first-order chi connectivity index (χ1) is 15.4. The van der Waals surface area contributed by atoms with E-state index in [1.165, 1.54) is 6.07 Å². The second kappa shape index (κ2) is 10.1. The van der Waals surface area contributed by atoms with E-state index in [1.54, 1.807) is 63.4 Å². The maximum atomic E-state index is 13.6. The molecular formula is C25H25Cl2FN2O3. The van der Waals surface area contributed by atoms with E-state index in [0.29, 0.717) is 26.7 Å². The highest BCUT2D eigenvalue weighted by atomic mass is 35.5. The number of nitrogens with zero attached hydrogens (tertiary/aromatic N) is 1. The van der Waals surface area contributed by atoms with Crippen LogP contribution in [0.2, 0.25) is 10.0 Å². The summed E-state index contributed by atoms with van der Waals surface area (Å²) < 4.78 is 19.0. The second-order valence-electron chi connectivity index (χ2n) is 8.71. The van der Waals surface area contributed by atoms with Gasteiger partial charge in [-0.1, -0.05) is 47.5 Å². The van der Waals surface area contributed by atoms with E-state index in [9.17, 15) is 14.3 Å². The number of halogens is 3. The second-order valence-corrected chi connectivity index (χ2v) is 9.52. The van der Waals surface area contributed by atoms with Gasteiger partial charge in [0.2, 0.25) is 0 Å². The summed E-state index contributed by atoms with van der Waals surface area (Å²) in [6.45, 7) is 7.10. The minimum absolute atomic E-state index is 0.294. The van der Waals surface area contributed by atoms with Gasteiger partial charge in [0.1, 0.15) is 17.5 Å². The van der Waals surface area contributed by atoms with Crippen LogP contribution in [0.15, 0.2) is 54.9 Å². The Kier molecular flexibility index (Phi) is 7.62. The van der Waals surface area contributed by atoms with Gasteiger partial charge in [-0.25, -0.2) is 9.18 Å². The van der Waals surface area contributed by atoms with Gasteiger partial charge in [-0.3, -0.25) is 4.98 Å². The molecule has 1 aromatic heterocycles. The summed E-state index contributed by atoms with van der Waals surface area (Å²) in [6.07, 6.45) is 0.899. The number of aryl methyl sites for hydroxylation is 1. The molecule has 2 atom stereocenters. The van der Waals surface area contributed by atoms with Crippen molar-refractivity contribution in [2.75, 3.05) is 0 Å². The van der Waals surface area contributed by atoms with Crippen LogP contribution in [0.5, 0.6) is 0 Å². The molecule has 5 nitrogen and oxygen atoms in total. The number of nitrogens with one attached hydrogen (secondary N) is 1. The SMILES string of the molecule is Cc1cc(C(O)C(NC(=O)OC(C)(C)C)c2ccc(Cl)c(Cl)c2)ccc1-c1cncc(F)c1. The van der Waals surface area contributed by atoms with Gasteiger partial charge in [-0.15, -0.1) is 0 Å². The molecule has 2 unspecified atom stereocenters. The molecule has 1 heterocycles. The van der Waals surface area contributed by atoms with Gasteiger partial charge in [-0.05, 0) is 68.1 Å². The first-order valence-corrected chi connectivity index (χ1v) is 11.0. The number of pyridine rings is 1. The highest BCUT2D eigenvalue weighted by Crippen LogP contribution is 2.35. The maximum Gasteiger partial charge on any atom is 0.408 e. The fourth-order valence-electron chi connectivity index (χ4n) is 3.43. The highest BCUT2D eigenvalue weighted by molar-refractivity contribution is 6.42. The predicted molar refractivity (Wildman–Crippen MR) is 128 cm³/mol. The summed E-state index contributed by atoms with van der Waals surface area (Å²) >= 11 is 12.2. The van der Waals surface area contributed by atoms with Crippen molar-refractivity contribution in [3.8, 4) is 11.1 Å². The van der Waals surface area contributed by atoms with Crippen LogP contribution >= 0.6 is 23.2 Å². The number of amides is 1. The van der Waals surface area contributed by atoms with Crippen molar-refractivity contribution in [1.29, 1.82) is 0 Å². The quantitative estimate of drug-likeness (QED) is 0.412. The normalized spacial score (nSPS) is 13.3. The number of aromatic nitrogens is 1. The molecule has 0 bridgehead atoms. The monoisotopic (exact) mass is 490 g/mol. The van der Waals surface area contributed by atoms with Crippen LogP contribution in [0.25, 0.3) is 11.1 Å². The van der Waals surface area contributed by atoms with E-state index in [1.807, 2.05) is 6.92 Å². The molecule has 8 heteroatoms. The molecule has 0 saturated carbocycles. The Labute approximate surface area is 202 Å². The van der Waals surface area contributed by atoms with E-state index >= 15 is 0 Å². The molecule has 2 N–H and O–H groups in total. The number of alkyl carbamates (subject to hydrolysis) is 1. The lowest BCUT2D eigenvalue weighted by atomic mass is 9.92. The molecule has 0 saturated heterocycles. The number of carbonyl (C=O) groups excluding carboxylic acids is 1. The minimum Gasteiger partial charge on any atom is -0.444 e. The third-order valence-corrected chi connectivity index (χ3v) is 5.64. The molecule has 0 aliphatic heterocycles. The fraction of sp³-hybridized carbons (Fsp3) is 0.280. The standard InChI is InChI=1S/C25H25Cl2FN2O3/c1-14-9-16(5-7-19(14)17-10-18(28)13-29-12-17)23(31)22(30-24(32)33-25(2,3)4)15-6-8-20(26)21(27)11-15/h5-13,22-23,31H,1-4H3,(H,30,32). The summed E-state index contributed by atoms with van der Waals surface area (Å²) in [4.78, 5) is 16.4. The summed E-state index contributed by atoms with van der Waals surface area (Å²) in [6, 6.07) is 10.7. The lowest BCUT2D eigenvalue weighted by Gasteiger charge is -2.28. The van der Waals surface area contributed by atoms with Crippen molar-refractivity contribution in [3.05, 3.63) is 87.4 Å². The van der Waals surface area contributed by atoms with Gasteiger partial charge in [-0.2, -0.15) is 0 Å². The molecule has 0 aliphatic carbocycles. The highest BCUT2D eigenvalue weighted by Gasteiger charge is 2.28. The van der Waals surface area contributed by atoms with E-state index in [2.05, 4.69) is 10.3 Å². The number of benzene rings is 2. The minimum atomic E-state index is -1.13. The van der Waals surface area contributed by atoms with E-state index in [0.717, 1.165) is 17.3 Å². The van der Waals surface area contributed by atoms with Crippen molar-refractivity contribution in [3.63, 3.8) is 0 Å². The van der Waals surface area contributed by atoms with Crippen molar-refractivity contribution < 1.29 is 19.0 Å². The Morgan fingerprint density at radius 3 is 2.36 bits per heavy atom. The number of ether oxygens (including phenoxy) is 1. The largest absolute Gasteiger partial charge is 0.444 e. The molecule has 2 aromatic carbocycles. The number of hydrogen-bond donors (Lipinski definition) is 2. The summed E-state index contributed by atoms with van der Waals surface area (Å²) in [7, 11) is 0. The average Bonchev–Trinajstić information content (AvgIpc) is 2.72.